The van der Waals surface area contributed by atoms with Gasteiger partial charge in [-0.05, 0) is 11.3 Å². The minimum atomic E-state index is -0.605. The summed E-state index contributed by atoms with van der Waals surface area (Å²) in [5.74, 6) is 1.12. The molecule has 0 radical (unpaired) electrons. The van der Waals surface area contributed by atoms with Gasteiger partial charge in [-0.3, -0.25) is 4.90 Å². The summed E-state index contributed by atoms with van der Waals surface area (Å²) in [6.45, 7) is 1.94. The molecule has 0 aromatic heterocycles. The van der Waals surface area contributed by atoms with Gasteiger partial charge in [0.25, 0.3) is 0 Å². The number of aliphatic hydroxyl groups is 2. The summed E-state index contributed by atoms with van der Waals surface area (Å²) in [5, 5.41) is 19.0. The normalized spacial score (nSPS) is 27.2. The molecule has 4 heteroatoms. The molecule has 3 unspecified atom stereocenters. The molecule has 0 bridgehead atoms. The molecule has 0 spiro atoms. The van der Waals surface area contributed by atoms with Gasteiger partial charge in [-0.25, -0.2) is 0 Å². The molecule has 0 aliphatic carbocycles. The van der Waals surface area contributed by atoms with Crippen LogP contribution in [0.1, 0.15) is 11.5 Å². The van der Waals surface area contributed by atoms with E-state index in [4.69, 9.17) is 0 Å². The number of aliphatic hydroxyl groups excluding tert-OH is 2. The monoisotopic (exact) mass is 253 g/mol. The summed E-state index contributed by atoms with van der Waals surface area (Å²) in [7, 11) is 0. The Labute approximate surface area is 107 Å². The van der Waals surface area contributed by atoms with E-state index in [0.717, 1.165) is 12.3 Å². The molecule has 0 saturated carbocycles. The largest absolute Gasteiger partial charge is 0.389 e. The Morgan fingerprint density at radius 1 is 1.18 bits per heavy atom. The van der Waals surface area contributed by atoms with Crippen molar-refractivity contribution in [3.8, 4) is 0 Å². The highest BCUT2D eigenvalue weighted by Crippen LogP contribution is 2.21. The van der Waals surface area contributed by atoms with Crippen LogP contribution in [-0.2, 0) is 0 Å². The zero-order valence-electron chi connectivity index (χ0n) is 9.74. The van der Waals surface area contributed by atoms with Crippen molar-refractivity contribution in [2.24, 2.45) is 0 Å². The minimum absolute atomic E-state index is 0.344. The lowest BCUT2D eigenvalue weighted by Gasteiger charge is -2.22. The summed E-state index contributed by atoms with van der Waals surface area (Å²) in [6, 6.07) is 10.3. The number of thiol groups is 1. The molecular weight excluding hydrogens is 234 g/mol. The van der Waals surface area contributed by atoms with Gasteiger partial charge >= 0.3 is 0 Å². The van der Waals surface area contributed by atoms with E-state index in [1.165, 1.54) is 5.56 Å². The number of rotatable bonds is 4. The fraction of sp³-hybridized carbons (Fsp3) is 0.538. The molecule has 2 N–H and O–H groups in total. The van der Waals surface area contributed by atoms with E-state index in [2.05, 4.69) is 29.7 Å². The molecule has 1 saturated heterocycles. The molecule has 1 aliphatic heterocycles. The van der Waals surface area contributed by atoms with Crippen LogP contribution in [0.4, 0.5) is 0 Å². The fourth-order valence-corrected chi connectivity index (χ4v) is 2.63. The quantitative estimate of drug-likeness (QED) is 0.693. The first-order valence-corrected chi connectivity index (χ1v) is 6.58. The number of benzene rings is 1. The number of β-amino-alcohol motifs (C(OH)–C–C–N with tert-alkyl or cyclic N) is 2. The first-order chi connectivity index (χ1) is 8.20. The molecule has 17 heavy (non-hydrogen) atoms. The highest BCUT2D eigenvalue weighted by atomic mass is 32.1. The number of nitrogens with zero attached hydrogens (tertiary/aromatic N) is 1. The lowest BCUT2D eigenvalue weighted by atomic mass is 10.0. The zero-order valence-corrected chi connectivity index (χ0v) is 10.6. The topological polar surface area (TPSA) is 43.7 Å². The van der Waals surface area contributed by atoms with E-state index >= 15 is 0 Å². The van der Waals surface area contributed by atoms with Crippen LogP contribution in [0.15, 0.2) is 30.3 Å². The second-order valence-corrected chi connectivity index (χ2v) is 5.01. The molecule has 3 nitrogen and oxygen atoms in total. The number of hydrogen-bond acceptors (Lipinski definition) is 4. The van der Waals surface area contributed by atoms with Crippen LogP contribution < -0.4 is 0 Å². The molecule has 0 amide bonds. The van der Waals surface area contributed by atoms with Gasteiger partial charge in [-0.1, -0.05) is 30.3 Å². The van der Waals surface area contributed by atoms with Crippen molar-refractivity contribution in [1.82, 2.24) is 4.90 Å². The van der Waals surface area contributed by atoms with E-state index in [-0.39, 0.29) is 0 Å². The smallest absolute Gasteiger partial charge is 0.0938 e. The van der Waals surface area contributed by atoms with Crippen molar-refractivity contribution in [1.29, 1.82) is 0 Å². The van der Waals surface area contributed by atoms with E-state index < -0.39 is 12.2 Å². The Balaban J connectivity index is 1.97. The van der Waals surface area contributed by atoms with Crippen molar-refractivity contribution in [2.45, 2.75) is 18.1 Å². The summed E-state index contributed by atoms with van der Waals surface area (Å²) in [6.07, 6.45) is -1.21. The van der Waals surface area contributed by atoms with Crippen molar-refractivity contribution >= 4 is 12.6 Å². The van der Waals surface area contributed by atoms with E-state index in [1.807, 2.05) is 18.2 Å². The van der Waals surface area contributed by atoms with Gasteiger partial charge in [0.1, 0.15) is 0 Å². The Kier molecular flexibility index (Phi) is 4.45. The first-order valence-electron chi connectivity index (χ1n) is 5.95. The van der Waals surface area contributed by atoms with E-state index in [0.29, 0.717) is 19.0 Å². The maximum absolute atomic E-state index is 9.51. The van der Waals surface area contributed by atoms with Gasteiger partial charge in [0.2, 0.25) is 0 Å². The third-order valence-corrected chi connectivity index (χ3v) is 3.75. The molecule has 1 aromatic rings. The maximum Gasteiger partial charge on any atom is 0.0938 e. The van der Waals surface area contributed by atoms with Gasteiger partial charge < -0.3 is 10.2 Å². The highest BCUT2D eigenvalue weighted by molar-refractivity contribution is 7.80. The summed E-state index contributed by atoms with van der Waals surface area (Å²) >= 11 is 4.39. The Hall–Kier alpha value is -0.550. The molecular formula is C13H19NO2S. The molecule has 1 heterocycles. The molecule has 94 valence electrons. The molecule has 3 atom stereocenters. The summed E-state index contributed by atoms with van der Waals surface area (Å²) < 4.78 is 0. The van der Waals surface area contributed by atoms with Crippen molar-refractivity contribution in [2.75, 3.05) is 25.4 Å². The summed E-state index contributed by atoms with van der Waals surface area (Å²) in [4.78, 5) is 2.10. The number of likely N-dealkylation sites (tertiary alicyclic amines) is 1. The van der Waals surface area contributed by atoms with Gasteiger partial charge in [-0.2, -0.15) is 12.6 Å². The molecule has 1 aromatic carbocycles. The predicted molar refractivity (Wildman–Crippen MR) is 71.5 cm³/mol. The molecule has 1 aliphatic rings. The van der Waals surface area contributed by atoms with Gasteiger partial charge in [0.05, 0.1) is 12.2 Å². The van der Waals surface area contributed by atoms with Crippen molar-refractivity contribution in [3.05, 3.63) is 35.9 Å². The third kappa shape index (κ3) is 3.22. The van der Waals surface area contributed by atoms with Crippen LogP contribution in [0.5, 0.6) is 0 Å². The van der Waals surface area contributed by atoms with Crippen LogP contribution in [0, 0.1) is 0 Å². The highest BCUT2D eigenvalue weighted by Gasteiger charge is 2.30. The summed E-state index contributed by atoms with van der Waals surface area (Å²) in [5.41, 5.74) is 1.26. The van der Waals surface area contributed by atoms with Gasteiger partial charge in [0.15, 0.2) is 0 Å². The van der Waals surface area contributed by atoms with E-state index in [1.54, 1.807) is 0 Å². The average Bonchev–Trinajstić information content (AvgIpc) is 2.67. The van der Waals surface area contributed by atoms with Gasteiger partial charge in [0, 0.05) is 25.6 Å². The minimum Gasteiger partial charge on any atom is -0.389 e. The van der Waals surface area contributed by atoms with Crippen LogP contribution >= 0.6 is 12.6 Å². The Morgan fingerprint density at radius 3 is 2.29 bits per heavy atom. The molecule has 1 fully saturated rings. The third-order valence-electron chi connectivity index (χ3n) is 3.30. The van der Waals surface area contributed by atoms with E-state index in [9.17, 15) is 10.2 Å². The standard InChI is InChI=1S/C13H19NO2S/c15-12-7-14(8-13(12)16)6-11(9-17)10-4-2-1-3-5-10/h1-5,11-13,15-17H,6-9H2. The van der Waals surface area contributed by atoms with Gasteiger partial charge in [-0.15, -0.1) is 0 Å². The fourth-order valence-electron chi connectivity index (χ4n) is 2.30. The predicted octanol–water partition coefficient (Wildman–Crippen LogP) is 0.737. The van der Waals surface area contributed by atoms with Crippen LogP contribution in [0.3, 0.4) is 0 Å². The second-order valence-electron chi connectivity index (χ2n) is 4.64. The Bertz CT molecular complexity index is 337. The van der Waals surface area contributed by atoms with Crippen LogP contribution in [0.25, 0.3) is 0 Å². The maximum atomic E-state index is 9.51. The lowest BCUT2D eigenvalue weighted by molar-refractivity contribution is 0.0572. The van der Waals surface area contributed by atoms with Crippen LogP contribution in [-0.4, -0.2) is 52.7 Å². The average molecular weight is 253 g/mol. The first kappa shape index (κ1) is 12.9. The zero-order chi connectivity index (χ0) is 12.3. The SMILES string of the molecule is OC1CN(CC(CS)c2ccccc2)CC1O. The molecule has 2 rings (SSSR count). The van der Waals surface area contributed by atoms with Crippen molar-refractivity contribution in [3.63, 3.8) is 0 Å². The lowest BCUT2D eigenvalue weighted by Crippen LogP contribution is -2.28. The van der Waals surface area contributed by atoms with Crippen molar-refractivity contribution < 1.29 is 10.2 Å². The van der Waals surface area contributed by atoms with Crippen LogP contribution in [0.2, 0.25) is 0 Å². The Morgan fingerprint density at radius 2 is 1.76 bits per heavy atom. The number of hydrogen-bond donors (Lipinski definition) is 3. The second kappa shape index (κ2) is 5.87.